The number of rotatable bonds is 6. The Morgan fingerprint density at radius 3 is 2.49 bits per heavy atom. The Balaban J connectivity index is 1.44. The lowest BCUT2D eigenvalue weighted by atomic mass is 10.0. The van der Waals surface area contributed by atoms with E-state index in [1.807, 2.05) is 71.4 Å². The Morgan fingerprint density at radius 1 is 0.943 bits per heavy atom. The van der Waals surface area contributed by atoms with Crippen LogP contribution >= 0.6 is 0 Å². The van der Waals surface area contributed by atoms with Crippen LogP contribution in [-0.2, 0) is 17.8 Å². The molecule has 2 heterocycles. The summed E-state index contributed by atoms with van der Waals surface area (Å²) in [6, 6.07) is 26.3. The van der Waals surface area contributed by atoms with Crippen LogP contribution in [0.4, 0.5) is 5.69 Å². The summed E-state index contributed by atoms with van der Waals surface area (Å²) in [4.78, 5) is 32.9. The molecule has 0 atom stereocenters. The fourth-order valence-electron chi connectivity index (χ4n) is 4.35. The van der Waals surface area contributed by atoms with E-state index in [-0.39, 0.29) is 18.1 Å². The number of ketones is 1. The number of carbonyl (C=O) groups is 2. The first-order valence-corrected chi connectivity index (χ1v) is 11.4. The van der Waals surface area contributed by atoms with Crippen LogP contribution in [0, 0.1) is 0 Å². The smallest absolute Gasteiger partial charge is 0.231 e. The van der Waals surface area contributed by atoms with E-state index in [0.717, 1.165) is 21.8 Å². The highest BCUT2D eigenvalue weighted by Crippen LogP contribution is 2.22. The highest BCUT2D eigenvalue weighted by molar-refractivity contribution is 6.24. The third-order valence-electron chi connectivity index (χ3n) is 6.28. The minimum atomic E-state index is -0.0958. The molecule has 35 heavy (non-hydrogen) atoms. The Hall–Kier alpha value is -4.45. The molecule has 0 saturated carbocycles. The minimum absolute atomic E-state index is 0.0701. The number of Topliss-reactive ketones (excluding diaryl/α,β-unsaturated/α-hetero) is 1. The van der Waals surface area contributed by atoms with Crippen molar-refractivity contribution in [3.63, 3.8) is 0 Å². The monoisotopic (exact) mass is 463 g/mol. The molecule has 0 fully saturated rings. The number of hydrogen-bond donors (Lipinski definition) is 0. The average Bonchev–Trinajstić information content (AvgIpc) is 3.30. The molecular formula is C29H25N3O3. The second-order valence-electron chi connectivity index (χ2n) is 8.37. The molecule has 0 bridgehead atoms. The largest absolute Gasteiger partial charge is 0.496 e. The number of para-hydroxylation sites is 2. The number of carbonyl (C=O) groups excluding carboxylic acids is 2. The fourth-order valence-corrected chi connectivity index (χ4v) is 4.35. The van der Waals surface area contributed by atoms with E-state index in [2.05, 4.69) is 4.99 Å². The Bertz CT molecular complexity index is 1530. The van der Waals surface area contributed by atoms with Gasteiger partial charge in [-0.2, -0.15) is 0 Å². The first-order chi connectivity index (χ1) is 17.1. The molecule has 4 aromatic rings. The minimum Gasteiger partial charge on any atom is -0.496 e. The van der Waals surface area contributed by atoms with Gasteiger partial charge in [0.05, 0.1) is 25.4 Å². The second-order valence-corrected chi connectivity index (χ2v) is 8.37. The molecule has 0 saturated heterocycles. The maximum Gasteiger partial charge on any atom is 0.231 e. The molecule has 5 rings (SSSR count). The van der Waals surface area contributed by atoms with E-state index in [1.54, 1.807) is 43.3 Å². The first kappa shape index (κ1) is 22.3. The van der Waals surface area contributed by atoms with Crippen molar-refractivity contribution in [3.8, 4) is 5.75 Å². The number of benzene rings is 3. The van der Waals surface area contributed by atoms with Crippen LogP contribution in [0.3, 0.4) is 0 Å². The molecule has 0 spiro atoms. The number of amides is 1. The van der Waals surface area contributed by atoms with Crippen molar-refractivity contribution in [3.05, 3.63) is 119 Å². The van der Waals surface area contributed by atoms with Crippen molar-refractivity contribution < 1.29 is 14.3 Å². The predicted octanol–water partition coefficient (Wildman–Crippen LogP) is 3.37. The van der Waals surface area contributed by atoms with Crippen molar-refractivity contribution >= 4 is 23.1 Å². The number of methoxy groups -OCH3 is 1. The SMILES string of the molecule is COc1ccccc1CC(=O)N(C)c1ccc(C(=O)C2=c3ccccc3=NCc3cccn32)cc1. The third-order valence-corrected chi connectivity index (χ3v) is 6.28. The van der Waals surface area contributed by atoms with E-state index >= 15 is 0 Å². The topological polar surface area (TPSA) is 63.9 Å². The molecular weight excluding hydrogens is 438 g/mol. The van der Waals surface area contributed by atoms with Crippen LogP contribution in [0.2, 0.25) is 0 Å². The average molecular weight is 464 g/mol. The molecule has 6 heteroatoms. The van der Waals surface area contributed by atoms with Crippen LogP contribution in [-0.4, -0.2) is 30.4 Å². The maximum absolute atomic E-state index is 13.7. The molecule has 1 amide bonds. The summed E-state index contributed by atoms with van der Waals surface area (Å²) in [5.74, 6) is 0.521. The quantitative estimate of drug-likeness (QED) is 0.412. The molecule has 6 nitrogen and oxygen atoms in total. The summed E-state index contributed by atoms with van der Waals surface area (Å²) < 4.78 is 7.29. The van der Waals surface area contributed by atoms with Gasteiger partial charge in [-0.15, -0.1) is 0 Å². The van der Waals surface area contributed by atoms with Crippen molar-refractivity contribution in [2.45, 2.75) is 13.0 Å². The van der Waals surface area contributed by atoms with Gasteiger partial charge in [0.2, 0.25) is 11.7 Å². The van der Waals surface area contributed by atoms with Crippen LogP contribution in [0.1, 0.15) is 21.6 Å². The number of anilines is 1. The molecule has 174 valence electrons. The number of fused-ring (bicyclic) bond motifs is 2. The van der Waals surface area contributed by atoms with Crippen LogP contribution in [0.15, 0.2) is 96.1 Å². The van der Waals surface area contributed by atoms with Gasteiger partial charge in [-0.05, 0) is 48.5 Å². The summed E-state index contributed by atoms with van der Waals surface area (Å²) in [5.41, 5.74) is 3.63. The zero-order valence-corrected chi connectivity index (χ0v) is 19.6. The van der Waals surface area contributed by atoms with E-state index < -0.39 is 0 Å². The molecule has 1 aliphatic heterocycles. The lowest BCUT2D eigenvalue weighted by Crippen LogP contribution is -2.31. The molecule has 0 unspecified atom stereocenters. The van der Waals surface area contributed by atoms with Gasteiger partial charge < -0.3 is 14.2 Å². The Morgan fingerprint density at radius 2 is 1.69 bits per heavy atom. The molecule has 0 aliphatic carbocycles. The standard InChI is InChI=1S/C29H25N3O3/c1-31(27(33)18-21-8-3-6-12-26(21)35-2)22-15-13-20(14-16-22)29(34)28-24-10-4-5-11-25(24)30-19-23-9-7-17-32(23)28/h3-17H,18-19H2,1-2H3. The van der Waals surface area contributed by atoms with Gasteiger partial charge in [0.1, 0.15) is 11.4 Å². The van der Waals surface area contributed by atoms with Crippen molar-refractivity contribution in [1.29, 1.82) is 0 Å². The number of ether oxygens (including phenoxy) is 1. The third kappa shape index (κ3) is 4.26. The summed E-state index contributed by atoms with van der Waals surface area (Å²) >= 11 is 0. The molecule has 0 radical (unpaired) electrons. The molecule has 3 aromatic carbocycles. The zero-order chi connectivity index (χ0) is 24.4. The Labute approximate surface area is 203 Å². The number of aromatic nitrogens is 1. The van der Waals surface area contributed by atoms with E-state index in [4.69, 9.17) is 4.74 Å². The number of hydrogen-bond acceptors (Lipinski definition) is 4. The van der Waals surface area contributed by atoms with Gasteiger partial charge in [0, 0.05) is 41.0 Å². The van der Waals surface area contributed by atoms with Gasteiger partial charge in [0.15, 0.2) is 0 Å². The summed E-state index contributed by atoms with van der Waals surface area (Å²) in [7, 11) is 3.33. The van der Waals surface area contributed by atoms with Crippen LogP contribution in [0.5, 0.6) is 5.75 Å². The zero-order valence-electron chi connectivity index (χ0n) is 19.6. The van der Waals surface area contributed by atoms with Gasteiger partial charge in [-0.1, -0.05) is 36.4 Å². The lowest BCUT2D eigenvalue weighted by Gasteiger charge is -2.19. The lowest BCUT2D eigenvalue weighted by molar-refractivity contribution is -0.117. The van der Waals surface area contributed by atoms with Crippen molar-refractivity contribution in [2.24, 2.45) is 4.99 Å². The highest BCUT2D eigenvalue weighted by Gasteiger charge is 2.20. The van der Waals surface area contributed by atoms with E-state index in [0.29, 0.717) is 29.2 Å². The summed E-state index contributed by atoms with van der Waals surface area (Å²) in [6.45, 7) is 0.513. The predicted molar refractivity (Wildman–Crippen MR) is 135 cm³/mol. The molecule has 1 aliphatic rings. The molecule has 1 aromatic heterocycles. The maximum atomic E-state index is 13.7. The second kappa shape index (κ2) is 9.43. The van der Waals surface area contributed by atoms with Crippen molar-refractivity contribution in [1.82, 2.24) is 4.57 Å². The fraction of sp³-hybridized carbons (Fsp3) is 0.138. The first-order valence-electron chi connectivity index (χ1n) is 11.4. The van der Waals surface area contributed by atoms with Crippen molar-refractivity contribution in [2.75, 3.05) is 19.1 Å². The normalized spacial score (nSPS) is 12.1. The molecule has 0 N–H and O–H groups in total. The van der Waals surface area contributed by atoms with Crippen LogP contribution < -0.4 is 20.2 Å². The summed E-state index contributed by atoms with van der Waals surface area (Å²) in [5, 5.41) is 1.61. The number of nitrogens with zero attached hydrogens (tertiary/aromatic N) is 3. The van der Waals surface area contributed by atoms with Gasteiger partial charge in [0.25, 0.3) is 0 Å². The van der Waals surface area contributed by atoms with Crippen LogP contribution in [0.25, 0.3) is 5.70 Å². The van der Waals surface area contributed by atoms with E-state index in [9.17, 15) is 9.59 Å². The van der Waals surface area contributed by atoms with Gasteiger partial charge in [-0.25, -0.2) is 0 Å². The van der Waals surface area contributed by atoms with Gasteiger partial charge in [-0.3, -0.25) is 14.6 Å². The highest BCUT2D eigenvalue weighted by atomic mass is 16.5. The Kier molecular flexibility index (Phi) is 6.02. The van der Waals surface area contributed by atoms with Gasteiger partial charge >= 0.3 is 0 Å². The number of likely N-dealkylation sites (N-methyl/N-ethyl adjacent to an activating group) is 1. The van der Waals surface area contributed by atoms with E-state index in [1.165, 1.54) is 0 Å². The summed E-state index contributed by atoms with van der Waals surface area (Å²) in [6.07, 6.45) is 2.12.